The average molecular weight is 293 g/mol. The molecule has 0 spiro atoms. The van der Waals surface area contributed by atoms with Crippen LogP contribution in [-0.2, 0) is 4.79 Å². The highest BCUT2D eigenvalue weighted by Crippen LogP contribution is 2.42. The normalized spacial score (nSPS) is 27.0. The zero-order chi connectivity index (χ0) is 15.1. The smallest absolute Gasteiger partial charge is 0.308 e. The molecule has 2 bridgehead atoms. The van der Waals surface area contributed by atoms with Crippen molar-refractivity contribution in [3.63, 3.8) is 0 Å². The summed E-state index contributed by atoms with van der Waals surface area (Å²) in [6.07, 6.45) is 2.05. The minimum absolute atomic E-state index is 0.0159. The lowest BCUT2D eigenvalue weighted by molar-refractivity contribution is -0.142. The van der Waals surface area contributed by atoms with Gasteiger partial charge in [-0.3, -0.25) is 9.59 Å². The van der Waals surface area contributed by atoms with Gasteiger partial charge in [0.2, 0.25) is 0 Å². The highest BCUT2D eigenvalue weighted by Gasteiger charge is 2.51. The lowest BCUT2D eigenvalue weighted by Crippen LogP contribution is -2.37. The summed E-state index contributed by atoms with van der Waals surface area (Å²) in [5.74, 6) is -2.10. The van der Waals surface area contributed by atoms with E-state index in [1.807, 2.05) is 0 Å². The van der Waals surface area contributed by atoms with Crippen LogP contribution in [0.3, 0.4) is 0 Å². The maximum atomic E-state index is 13.4. The van der Waals surface area contributed by atoms with Gasteiger partial charge in [-0.15, -0.1) is 0 Å². The molecule has 2 aliphatic heterocycles. The number of ether oxygens (including phenoxy) is 1. The first-order chi connectivity index (χ1) is 10.0. The van der Waals surface area contributed by atoms with Gasteiger partial charge in [0.25, 0.3) is 5.91 Å². The Morgan fingerprint density at radius 3 is 2.76 bits per heavy atom. The lowest BCUT2D eigenvalue weighted by atomic mass is 9.89. The number of carbonyl (C=O) groups is 2. The molecular weight excluding hydrogens is 277 g/mol. The summed E-state index contributed by atoms with van der Waals surface area (Å²) >= 11 is 0. The number of rotatable bonds is 3. The number of nitrogens with zero attached hydrogens (tertiary/aromatic N) is 1. The number of hydrogen-bond acceptors (Lipinski definition) is 3. The Morgan fingerprint density at radius 1 is 1.38 bits per heavy atom. The van der Waals surface area contributed by atoms with Crippen LogP contribution in [0.1, 0.15) is 29.6 Å². The Bertz CT molecular complexity index is 603. The van der Waals surface area contributed by atoms with E-state index >= 15 is 0 Å². The quantitative estimate of drug-likeness (QED) is 0.924. The topological polar surface area (TPSA) is 66.8 Å². The van der Waals surface area contributed by atoms with E-state index in [1.165, 1.54) is 25.3 Å². The number of benzene rings is 1. The van der Waals surface area contributed by atoms with Gasteiger partial charge in [-0.1, -0.05) is 0 Å². The fraction of sp³-hybridized carbons (Fsp3) is 0.467. The molecule has 3 atom stereocenters. The van der Waals surface area contributed by atoms with E-state index in [0.717, 1.165) is 6.42 Å². The number of methoxy groups -OCH3 is 1. The van der Waals surface area contributed by atoms with Crippen LogP contribution < -0.4 is 4.74 Å². The van der Waals surface area contributed by atoms with Crippen LogP contribution in [0.4, 0.5) is 4.39 Å². The van der Waals surface area contributed by atoms with E-state index in [9.17, 15) is 19.1 Å². The first-order valence-corrected chi connectivity index (χ1v) is 6.92. The minimum atomic E-state index is -0.850. The van der Waals surface area contributed by atoms with Crippen molar-refractivity contribution in [3.05, 3.63) is 29.6 Å². The number of carboxylic acids is 1. The van der Waals surface area contributed by atoms with E-state index in [4.69, 9.17) is 4.74 Å². The van der Waals surface area contributed by atoms with Gasteiger partial charge >= 0.3 is 5.97 Å². The molecule has 2 heterocycles. The van der Waals surface area contributed by atoms with Crippen molar-refractivity contribution < 1.29 is 23.8 Å². The maximum Gasteiger partial charge on any atom is 0.308 e. The summed E-state index contributed by atoms with van der Waals surface area (Å²) in [5, 5.41) is 9.22. The van der Waals surface area contributed by atoms with E-state index in [0.29, 0.717) is 18.4 Å². The summed E-state index contributed by atoms with van der Waals surface area (Å²) < 4.78 is 18.3. The zero-order valence-corrected chi connectivity index (χ0v) is 11.6. The Hall–Kier alpha value is -2.11. The molecule has 1 amide bonds. The first kappa shape index (κ1) is 13.9. The second-order valence-corrected chi connectivity index (χ2v) is 5.54. The van der Waals surface area contributed by atoms with Crippen LogP contribution in [0.25, 0.3) is 0 Å². The summed E-state index contributed by atoms with van der Waals surface area (Å²) in [5.41, 5.74) is 0.330. The number of aliphatic carboxylic acids is 1. The van der Waals surface area contributed by atoms with E-state index in [1.54, 1.807) is 4.90 Å². The molecule has 2 aliphatic rings. The predicted octanol–water partition coefficient (Wildman–Crippen LogP) is 1.91. The van der Waals surface area contributed by atoms with Crippen LogP contribution in [0.5, 0.6) is 5.75 Å². The minimum Gasteiger partial charge on any atom is -0.494 e. The second kappa shape index (κ2) is 5.02. The van der Waals surface area contributed by atoms with Crippen molar-refractivity contribution in [2.75, 3.05) is 7.11 Å². The van der Waals surface area contributed by atoms with Gasteiger partial charge in [0.1, 0.15) is 0 Å². The third-order valence-electron chi connectivity index (χ3n) is 4.49. The molecule has 0 aromatic heterocycles. The molecule has 0 radical (unpaired) electrons. The van der Waals surface area contributed by atoms with Gasteiger partial charge in [0, 0.05) is 17.6 Å². The Kier molecular flexibility index (Phi) is 3.31. The summed E-state index contributed by atoms with van der Waals surface area (Å²) in [6, 6.07) is 3.69. The third kappa shape index (κ3) is 2.14. The van der Waals surface area contributed by atoms with Gasteiger partial charge in [0.05, 0.1) is 13.0 Å². The Morgan fingerprint density at radius 2 is 2.14 bits per heavy atom. The molecule has 112 valence electrons. The highest BCUT2D eigenvalue weighted by molar-refractivity contribution is 5.96. The van der Waals surface area contributed by atoms with Gasteiger partial charge in [-0.25, -0.2) is 4.39 Å². The Balaban J connectivity index is 1.88. The molecule has 2 fully saturated rings. The molecule has 5 nitrogen and oxygen atoms in total. The monoisotopic (exact) mass is 293 g/mol. The van der Waals surface area contributed by atoms with Gasteiger partial charge in [-0.05, 0) is 37.5 Å². The molecule has 21 heavy (non-hydrogen) atoms. The van der Waals surface area contributed by atoms with Gasteiger partial charge < -0.3 is 14.7 Å². The summed E-state index contributed by atoms with van der Waals surface area (Å²) in [6.45, 7) is 0. The lowest BCUT2D eigenvalue weighted by Gasteiger charge is -2.23. The number of carbonyl (C=O) groups excluding carboxylic acids is 1. The molecule has 1 N–H and O–H groups in total. The van der Waals surface area contributed by atoms with E-state index < -0.39 is 17.7 Å². The predicted molar refractivity (Wildman–Crippen MR) is 71.7 cm³/mol. The number of amides is 1. The van der Waals surface area contributed by atoms with Crippen LogP contribution >= 0.6 is 0 Å². The highest BCUT2D eigenvalue weighted by atomic mass is 19.1. The Labute approximate surface area is 121 Å². The number of carboxylic acid groups (broad SMARTS) is 1. The number of halogens is 1. The molecule has 3 rings (SSSR count). The largest absolute Gasteiger partial charge is 0.494 e. The van der Waals surface area contributed by atoms with Gasteiger partial charge in [0.15, 0.2) is 11.6 Å². The van der Waals surface area contributed by atoms with Crippen molar-refractivity contribution in [1.29, 1.82) is 0 Å². The van der Waals surface area contributed by atoms with Crippen LogP contribution in [0, 0.1) is 11.7 Å². The fourth-order valence-corrected chi connectivity index (χ4v) is 3.51. The SMILES string of the molecule is COc1cc(C(=O)N2C3CCC2C(C(=O)O)C3)ccc1F. The van der Waals surface area contributed by atoms with Crippen molar-refractivity contribution in [1.82, 2.24) is 4.90 Å². The summed E-state index contributed by atoms with van der Waals surface area (Å²) in [4.78, 5) is 25.5. The molecule has 1 aromatic rings. The van der Waals surface area contributed by atoms with Crippen LogP contribution in [0.2, 0.25) is 0 Å². The van der Waals surface area contributed by atoms with Crippen molar-refractivity contribution in [3.8, 4) is 5.75 Å². The number of fused-ring (bicyclic) bond motifs is 2. The van der Waals surface area contributed by atoms with Crippen molar-refractivity contribution >= 4 is 11.9 Å². The average Bonchev–Trinajstić information content (AvgIpc) is 3.04. The first-order valence-electron chi connectivity index (χ1n) is 6.92. The molecule has 3 unspecified atom stereocenters. The molecule has 0 saturated carbocycles. The fourth-order valence-electron chi connectivity index (χ4n) is 3.51. The third-order valence-corrected chi connectivity index (χ3v) is 4.49. The van der Waals surface area contributed by atoms with Gasteiger partial charge in [-0.2, -0.15) is 0 Å². The summed E-state index contributed by atoms with van der Waals surface area (Å²) in [7, 11) is 1.34. The molecule has 2 saturated heterocycles. The van der Waals surface area contributed by atoms with Crippen LogP contribution in [0.15, 0.2) is 18.2 Å². The van der Waals surface area contributed by atoms with Crippen LogP contribution in [-0.4, -0.2) is 41.1 Å². The maximum absolute atomic E-state index is 13.4. The standard InChI is InChI=1S/C15H16FNO4/c1-21-13-6-8(2-4-11(13)16)14(18)17-9-3-5-12(17)10(7-9)15(19)20/h2,4,6,9-10,12H,3,5,7H2,1H3,(H,19,20). The van der Waals surface area contributed by atoms with Crippen molar-refractivity contribution in [2.24, 2.45) is 5.92 Å². The molecule has 6 heteroatoms. The zero-order valence-electron chi connectivity index (χ0n) is 11.6. The molecule has 0 aliphatic carbocycles. The van der Waals surface area contributed by atoms with E-state index in [2.05, 4.69) is 0 Å². The second-order valence-electron chi connectivity index (χ2n) is 5.54. The van der Waals surface area contributed by atoms with E-state index in [-0.39, 0.29) is 23.7 Å². The molecular formula is C15H16FNO4. The number of hydrogen-bond donors (Lipinski definition) is 1. The molecule has 1 aromatic carbocycles. The van der Waals surface area contributed by atoms with Crippen molar-refractivity contribution in [2.45, 2.75) is 31.3 Å².